The maximum Gasteiger partial charge on any atom is 0.237 e. The second-order valence-electron chi connectivity index (χ2n) is 3.84. The summed E-state index contributed by atoms with van der Waals surface area (Å²) in [5.74, 6) is 0.694. The molecule has 2 N–H and O–H groups in total. The van der Waals surface area contributed by atoms with Gasteiger partial charge in [-0.3, -0.25) is 0 Å². The Balaban J connectivity index is 2.07. The van der Waals surface area contributed by atoms with E-state index in [0.717, 1.165) is 22.4 Å². The largest absolute Gasteiger partial charge is 0.435 e. The summed E-state index contributed by atoms with van der Waals surface area (Å²) in [6.45, 7) is 0.654. The van der Waals surface area contributed by atoms with Crippen molar-refractivity contribution in [3.63, 3.8) is 0 Å². The van der Waals surface area contributed by atoms with Crippen LogP contribution in [0.4, 0.5) is 0 Å². The molecule has 2 heterocycles. The Morgan fingerprint density at radius 1 is 1.29 bits per heavy atom. The number of fused-ring (bicyclic) bond motifs is 1. The number of hydrogen-bond donors (Lipinski definition) is 1. The highest BCUT2D eigenvalue weighted by Gasteiger charge is 2.09. The van der Waals surface area contributed by atoms with Gasteiger partial charge in [0.15, 0.2) is 5.58 Å². The van der Waals surface area contributed by atoms with Crippen molar-refractivity contribution in [1.29, 1.82) is 0 Å². The van der Waals surface area contributed by atoms with Gasteiger partial charge in [-0.05, 0) is 42.1 Å². The van der Waals surface area contributed by atoms with Crippen LogP contribution < -0.4 is 5.73 Å². The highest BCUT2D eigenvalue weighted by atomic mass is 32.1. The quantitative estimate of drug-likeness (QED) is 0.770. The molecule has 3 aromatic rings. The molecule has 0 saturated heterocycles. The van der Waals surface area contributed by atoms with E-state index in [2.05, 4.69) is 4.98 Å². The molecule has 0 bridgehead atoms. The summed E-state index contributed by atoms with van der Waals surface area (Å²) in [6.07, 6.45) is 0.872. The number of oxazole rings is 1. The summed E-state index contributed by atoms with van der Waals surface area (Å²) in [7, 11) is 0. The second kappa shape index (κ2) is 4.31. The van der Waals surface area contributed by atoms with Gasteiger partial charge in [0.1, 0.15) is 5.52 Å². The first-order valence-corrected chi connectivity index (χ1v) is 6.38. The first kappa shape index (κ1) is 10.5. The molecule has 3 nitrogen and oxygen atoms in total. The second-order valence-corrected chi connectivity index (χ2v) is 4.78. The number of thiophene rings is 1. The number of rotatable bonds is 3. The summed E-state index contributed by atoms with van der Waals surface area (Å²) in [5, 5.41) is 2.02. The SMILES string of the molecule is NCCc1ccc2oc(-c3cccs3)nc2c1. The van der Waals surface area contributed by atoms with Crippen molar-refractivity contribution in [2.24, 2.45) is 5.73 Å². The summed E-state index contributed by atoms with van der Waals surface area (Å²) >= 11 is 1.63. The van der Waals surface area contributed by atoms with E-state index in [1.165, 1.54) is 5.56 Å². The molecule has 0 aliphatic heterocycles. The Morgan fingerprint density at radius 2 is 2.24 bits per heavy atom. The first-order chi connectivity index (χ1) is 8.36. The Kier molecular flexibility index (Phi) is 2.66. The van der Waals surface area contributed by atoms with Crippen molar-refractivity contribution in [3.8, 4) is 10.8 Å². The fourth-order valence-corrected chi connectivity index (χ4v) is 2.45. The summed E-state index contributed by atoms with van der Waals surface area (Å²) in [5.41, 5.74) is 8.47. The van der Waals surface area contributed by atoms with E-state index in [1.807, 2.05) is 35.7 Å². The molecular weight excluding hydrogens is 232 g/mol. The minimum atomic E-state index is 0.654. The zero-order chi connectivity index (χ0) is 11.7. The van der Waals surface area contributed by atoms with Crippen molar-refractivity contribution in [1.82, 2.24) is 4.98 Å². The van der Waals surface area contributed by atoms with E-state index in [1.54, 1.807) is 11.3 Å². The molecule has 0 fully saturated rings. The monoisotopic (exact) mass is 244 g/mol. The molecule has 17 heavy (non-hydrogen) atoms. The Morgan fingerprint density at radius 3 is 3.00 bits per heavy atom. The van der Waals surface area contributed by atoms with E-state index >= 15 is 0 Å². The zero-order valence-electron chi connectivity index (χ0n) is 9.22. The van der Waals surface area contributed by atoms with Crippen LogP contribution in [0.2, 0.25) is 0 Å². The molecule has 3 rings (SSSR count). The van der Waals surface area contributed by atoms with Gasteiger partial charge < -0.3 is 10.2 Å². The van der Waals surface area contributed by atoms with Gasteiger partial charge >= 0.3 is 0 Å². The summed E-state index contributed by atoms with van der Waals surface area (Å²) < 4.78 is 5.71. The molecular formula is C13H12N2OS. The Labute approximate surface area is 103 Å². The van der Waals surface area contributed by atoms with Crippen LogP contribution in [-0.4, -0.2) is 11.5 Å². The van der Waals surface area contributed by atoms with Gasteiger partial charge in [-0.15, -0.1) is 11.3 Å². The lowest BCUT2D eigenvalue weighted by Gasteiger charge is -1.95. The van der Waals surface area contributed by atoms with Crippen molar-refractivity contribution in [2.45, 2.75) is 6.42 Å². The molecule has 0 unspecified atom stereocenters. The molecule has 0 radical (unpaired) electrons. The van der Waals surface area contributed by atoms with Crippen LogP contribution in [0.15, 0.2) is 40.1 Å². The van der Waals surface area contributed by atoms with Gasteiger partial charge in [0.05, 0.1) is 4.88 Å². The highest BCUT2D eigenvalue weighted by molar-refractivity contribution is 7.13. The lowest BCUT2D eigenvalue weighted by atomic mass is 10.1. The van der Waals surface area contributed by atoms with Gasteiger partial charge in [-0.1, -0.05) is 12.1 Å². The Bertz CT molecular complexity index is 628. The maximum atomic E-state index is 5.71. The molecule has 0 atom stereocenters. The summed E-state index contributed by atoms with van der Waals surface area (Å²) in [6, 6.07) is 10.1. The van der Waals surface area contributed by atoms with E-state index in [-0.39, 0.29) is 0 Å². The number of nitrogens with zero attached hydrogens (tertiary/aromatic N) is 1. The van der Waals surface area contributed by atoms with Crippen LogP contribution >= 0.6 is 11.3 Å². The van der Waals surface area contributed by atoms with E-state index in [4.69, 9.17) is 10.2 Å². The van der Waals surface area contributed by atoms with Gasteiger partial charge in [0.2, 0.25) is 5.89 Å². The van der Waals surface area contributed by atoms with Gasteiger partial charge in [-0.25, -0.2) is 4.98 Å². The number of nitrogens with two attached hydrogens (primary N) is 1. The lowest BCUT2D eigenvalue weighted by molar-refractivity contribution is 0.621. The smallest absolute Gasteiger partial charge is 0.237 e. The number of aromatic nitrogens is 1. The zero-order valence-corrected chi connectivity index (χ0v) is 10.0. The van der Waals surface area contributed by atoms with E-state index < -0.39 is 0 Å². The van der Waals surface area contributed by atoms with Crippen molar-refractivity contribution >= 4 is 22.4 Å². The van der Waals surface area contributed by atoms with Crippen LogP contribution in [0.3, 0.4) is 0 Å². The molecule has 2 aromatic heterocycles. The third kappa shape index (κ3) is 1.97. The summed E-state index contributed by atoms with van der Waals surface area (Å²) in [4.78, 5) is 5.56. The first-order valence-electron chi connectivity index (χ1n) is 5.50. The number of hydrogen-bond acceptors (Lipinski definition) is 4. The van der Waals surface area contributed by atoms with Gasteiger partial charge in [-0.2, -0.15) is 0 Å². The number of benzene rings is 1. The average Bonchev–Trinajstić information content (AvgIpc) is 2.97. The normalized spacial score (nSPS) is 11.1. The maximum absolute atomic E-state index is 5.71. The van der Waals surface area contributed by atoms with Crippen LogP contribution in [0.1, 0.15) is 5.56 Å². The molecule has 4 heteroatoms. The third-order valence-corrected chi connectivity index (χ3v) is 3.47. The van der Waals surface area contributed by atoms with Crippen LogP contribution in [-0.2, 0) is 6.42 Å². The molecule has 0 amide bonds. The molecule has 0 aliphatic carbocycles. The Hall–Kier alpha value is -1.65. The average molecular weight is 244 g/mol. The molecule has 1 aromatic carbocycles. The van der Waals surface area contributed by atoms with E-state index in [9.17, 15) is 0 Å². The van der Waals surface area contributed by atoms with E-state index in [0.29, 0.717) is 12.4 Å². The van der Waals surface area contributed by atoms with Crippen LogP contribution in [0.25, 0.3) is 21.9 Å². The van der Waals surface area contributed by atoms with Crippen LogP contribution in [0.5, 0.6) is 0 Å². The third-order valence-electron chi connectivity index (χ3n) is 2.62. The standard InChI is InChI=1S/C13H12N2OS/c14-6-5-9-3-4-11-10(8-9)15-13(16-11)12-2-1-7-17-12/h1-4,7-8H,5-6,14H2. The predicted molar refractivity (Wildman–Crippen MR) is 70.1 cm³/mol. The minimum absolute atomic E-state index is 0.654. The fraction of sp³-hybridized carbons (Fsp3) is 0.154. The molecule has 0 aliphatic rings. The van der Waals surface area contributed by atoms with Crippen molar-refractivity contribution in [2.75, 3.05) is 6.54 Å². The van der Waals surface area contributed by atoms with Crippen LogP contribution in [0, 0.1) is 0 Å². The topological polar surface area (TPSA) is 52.0 Å². The fourth-order valence-electron chi connectivity index (χ4n) is 1.80. The van der Waals surface area contributed by atoms with Gasteiger partial charge in [0.25, 0.3) is 0 Å². The highest BCUT2D eigenvalue weighted by Crippen LogP contribution is 2.27. The van der Waals surface area contributed by atoms with Crippen molar-refractivity contribution < 1.29 is 4.42 Å². The van der Waals surface area contributed by atoms with Gasteiger partial charge in [0, 0.05) is 0 Å². The van der Waals surface area contributed by atoms with Crippen molar-refractivity contribution in [3.05, 3.63) is 41.3 Å². The predicted octanol–water partition coefficient (Wildman–Crippen LogP) is 3.06. The lowest BCUT2D eigenvalue weighted by Crippen LogP contribution is -2.02. The molecule has 0 spiro atoms. The molecule has 0 saturated carbocycles. The molecule has 86 valence electrons. The minimum Gasteiger partial charge on any atom is -0.435 e.